The van der Waals surface area contributed by atoms with Crippen LogP contribution in [0, 0.1) is 0 Å². The summed E-state index contributed by atoms with van der Waals surface area (Å²) in [6, 6.07) is 13.7. The maximum atomic E-state index is 12.5. The molecule has 0 heterocycles. The molecule has 1 saturated carbocycles. The number of hydrogen-bond acceptors (Lipinski definition) is 3. The van der Waals surface area contributed by atoms with E-state index in [1.165, 1.54) is 0 Å². The fourth-order valence-corrected chi connectivity index (χ4v) is 3.61. The fraction of sp³-hybridized carbons (Fsp3) is 0.316. The molecule has 5 nitrogen and oxygen atoms in total. The average molecular weight is 358 g/mol. The van der Waals surface area contributed by atoms with Crippen LogP contribution in [0.1, 0.15) is 42.1 Å². The van der Waals surface area contributed by atoms with E-state index < -0.39 is 10.0 Å². The van der Waals surface area contributed by atoms with Crippen LogP contribution in [0.4, 0.5) is 5.69 Å². The van der Waals surface area contributed by atoms with Crippen molar-refractivity contribution in [2.75, 3.05) is 4.72 Å². The van der Waals surface area contributed by atoms with Crippen molar-refractivity contribution in [2.24, 2.45) is 0 Å². The molecular formula is C19H22N2O3S. The lowest BCUT2D eigenvalue weighted by Gasteiger charge is -2.10. The molecule has 2 aromatic carbocycles. The van der Waals surface area contributed by atoms with Gasteiger partial charge in [0.1, 0.15) is 0 Å². The highest BCUT2D eigenvalue weighted by atomic mass is 32.2. The summed E-state index contributed by atoms with van der Waals surface area (Å²) < 4.78 is 27.6. The number of carbonyl (C=O) groups excluding carboxylic acids is 1. The molecule has 0 saturated heterocycles. The lowest BCUT2D eigenvalue weighted by molar-refractivity contribution is 0.0951. The predicted molar refractivity (Wildman–Crippen MR) is 98.2 cm³/mol. The van der Waals surface area contributed by atoms with Crippen LogP contribution in [-0.2, 0) is 16.4 Å². The van der Waals surface area contributed by atoms with Crippen molar-refractivity contribution in [1.29, 1.82) is 0 Å². The summed E-state index contributed by atoms with van der Waals surface area (Å²) in [6.45, 7) is 2.08. The van der Waals surface area contributed by atoms with Gasteiger partial charge < -0.3 is 5.32 Å². The summed E-state index contributed by atoms with van der Waals surface area (Å²) in [5, 5.41) is 2.89. The maximum absolute atomic E-state index is 12.5. The van der Waals surface area contributed by atoms with Crippen molar-refractivity contribution >= 4 is 21.6 Å². The Morgan fingerprint density at radius 3 is 2.48 bits per heavy atom. The van der Waals surface area contributed by atoms with E-state index in [1.807, 2.05) is 12.1 Å². The Kier molecular flexibility index (Phi) is 5.08. The number of rotatable bonds is 7. The molecule has 3 rings (SSSR count). The number of hydrogen-bond donors (Lipinski definition) is 2. The first kappa shape index (κ1) is 17.5. The van der Waals surface area contributed by atoms with Gasteiger partial charge in [0, 0.05) is 17.3 Å². The molecule has 0 atom stereocenters. The molecular weight excluding hydrogens is 336 g/mol. The Balaban J connectivity index is 1.74. The molecule has 0 bridgehead atoms. The van der Waals surface area contributed by atoms with Crippen molar-refractivity contribution in [3.63, 3.8) is 0 Å². The van der Waals surface area contributed by atoms with Gasteiger partial charge in [0.15, 0.2) is 0 Å². The molecule has 0 aromatic heterocycles. The minimum absolute atomic E-state index is 0.174. The van der Waals surface area contributed by atoms with Gasteiger partial charge in [-0.3, -0.25) is 9.52 Å². The molecule has 0 aliphatic heterocycles. The summed E-state index contributed by atoms with van der Waals surface area (Å²) in [4.78, 5) is 12.3. The SMILES string of the molecule is CCCc1ccc(S(=O)(=O)Nc2cccc(C(=O)NC3CC3)c2)cc1. The van der Waals surface area contributed by atoms with E-state index in [-0.39, 0.29) is 16.8 Å². The first-order chi connectivity index (χ1) is 12.0. The standard InChI is InChI=1S/C19H22N2O3S/c1-2-4-14-7-11-18(12-8-14)25(23,24)21-17-6-3-5-15(13-17)19(22)20-16-9-10-16/h3,5-8,11-13,16,21H,2,4,9-10H2,1H3,(H,20,22). The Labute approximate surface area is 148 Å². The van der Waals surface area contributed by atoms with Gasteiger partial charge in [-0.15, -0.1) is 0 Å². The van der Waals surface area contributed by atoms with Crippen LogP contribution in [0.3, 0.4) is 0 Å². The van der Waals surface area contributed by atoms with E-state index in [9.17, 15) is 13.2 Å². The van der Waals surface area contributed by atoms with Gasteiger partial charge in [0.25, 0.3) is 15.9 Å². The number of anilines is 1. The minimum Gasteiger partial charge on any atom is -0.349 e. The molecule has 132 valence electrons. The molecule has 1 aliphatic carbocycles. The summed E-state index contributed by atoms with van der Waals surface area (Å²) in [5.74, 6) is -0.174. The Hall–Kier alpha value is -2.34. The fourth-order valence-electron chi connectivity index (χ4n) is 2.56. The smallest absolute Gasteiger partial charge is 0.261 e. The third-order valence-electron chi connectivity index (χ3n) is 4.06. The summed E-state index contributed by atoms with van der Waals surface area (Å²) in [5.41, 5.74) is 1.94. The highest BCUT2D eigenvalue weighted by Crippen LogP contribution is 2.21. The van der Waals surface area contributed by atoms with Gasteiger partial charge in [-0.2, -0.15) is 0 Å². The van der Waals surface area contributed by atoms with Crippen molar-refractivity contribution in [3.8, 4) is 0 Å². The predicted octanol–water partition coefficient (Wildman–Crippen LogP) is 3.33. The highest BCUT2D eigenvalue weighted by Gasteiger charge is 2.24. The second kappa shape index (κ2) is 7.27. The van der Waals surface area contributed by atoms with Crippen LogP contribution in [0.25, 0.3) is 0 Å². The number of nitrogens with one attached hydrogen (secondary N) is 2. The molecule has 0 radical (unpaired) electrons. The second-order valence-electron chi connectivity index (χ2n) is 6.33. The molecule has 25 heavy (non-hydrogen) atoms. The normalized spacial score (nSPS) is 14.1. The molecule has 2 aromatic rings. The zero-order chi connectivity index (χ0) is 17.9. The topological polar surface area (TPSA) is 75.3 Å². The first-order valence-electron chi connectivity index (χ1n) is 8.50. The molecule has 0 unspecified atom stereocenters. The first-order valence-corrected chi connectivity index (χ1v) is 9.99. The number of carbonyl (C=O) groups is 1. The van der Waals surface area contributed by atoms with E-state index in [0.29, 0.717) is 11.3 Å². The average Bonchev–Trinajstić information content (AvgIpc) is 3.39. The van der Waals surface area contributed by atoms with Crippen molar-refractivity contribution in [2.45, 2.75) is 43.5 Å². The van der Waals surface area contributed by atoms with Crippen LogP contribution in [0.2, 0.25) is 0 Å². The molecule has 6 heteroatoms. The van der Waals surface area contributed by atoms with E-state index in [4.69, 9.17) is 0 Å². The van der Waals surface area contributed by atoms with Gasteiger partial charge in [0.2, 0.25) is 0 Å². The second-order valence-corrected chi connectivity index (χ2v) is 8.01. The largest absolute Gasteiger partial charge is 0.349 e. The van der Waals surface area contributed by atoms with E-state index in [1.54, 1.807) is 36.4 Å². The number of amides is 1. The number of sulfonamides is 1. The molecule has 1 aliphatic rings. The third-order valence-corrected chi connectivity index (χ3v) is 5.46. The van der Waals surface area contributed by atoms with Gasteiger partial charge in [-0.25, -0.2) is 8.42 Å². The Bertz CT molecular complexity index is 856. The Morgan fingerprint density at radius 2 is 1.84 bits per heavy atom. The number of aryl methyl sites for hydroxylation is 1. The van der Waals surface area contributed by atoms with Crippen LogP contribution in [-0.4, -0.2) is 20.4 Å². The molecule has 0 spiro atoms. The van der Waals surface area contributed by atoms with Gasteiger partial charge in [0.05, 0.1) is 4.90 Å². The van der Waals surface area contributed by atoms with Crippen molar-refractivity contribution in [1.82, 2.24) is 5.32 Å². The summed E-state index contributed by atoms with van der Waals surface area (Å²) in [6.07, 6.45) is 3.95. The van der Waals surface area contributed by atoms with Gasteiger partial charge in [-0.1, -0.05) is 31.5 Å². The molecule has 2 N–H and O–H groups in total. The van der Waals surface area contributed by atoms with E-state index >= 15 is 0 Å². The van der Waals surface area contributed by atoms with Crippen molar-refractivity contribution < 1.29 is 13.2 Å². The quantitative estimate of drug-likeness (QED) is 0.797. The van der Waals surface area contributed by atoms with Crippen molar-refractivity contribution in [3.05, 3.63) is 59.7 Å². The zero-order valence-electron chi connectivity index (χ0n) is 14.2. The summed E-state index contributed by atoms with van der Waals surface area (Å²) in [7, 11) is -3.68. The molecule has 1 amide bonds. The Morgan fingerprint density at radius 1 is 1.12 bits per heavy atom. The molecule has 1 fully saturated rings. The highest BCUT2D eigenvalue weighted by molar-refractivity contribution is 7.92. The van der Waals surface area contributed by atoms with Crippen LogP contribution in [0.5, 0.6) is 0 Å². The third kappa shape index (κ3) is 4.60. The zero-order valence-corrected chi connectivity index (χ0v) is 15.0. The minimum atomic E-state index is -3.68. The summed E-state index contributed by atoms with van der Waals surface area (Å²) >= 11 is 0. The van der Waals surface area contributed by atoms with Crippen LogP contribution < -0.4 is 10.0 Å². The lowest BCUT2D eigenvalue weighted by atomic mass is 10.1. The lowest BCUT2D eigenvalue weighted by Crippen LogP contribution is -2.25. The van der Waals surface area contributed by atoms with Gasteiger partial charge in [-0.05, 0) is 55.2 Å². The monoisotopic (exact) mass is 358 g/mol. The van der Waals surface area contributed by atoms with Gasteiger partial charge >= 0.3 is 0 Å². The van der Waals surface area contributed by atoms with E-state index in [2.05, 4.69) is 17.0 Å². The number of benzene rings is 2. The van der Waals surface area contributed by atoms with Crippen LogP contribution in [0.15, 0.2) is 53.4 Å². The van der Waals surface area contributed by atoms with Crippen LogP contribution >= 0.6 is 0 Å². The maximum Gasteiger partial charge on any atom is 0.261 e. The van der Waals surface area contributed by atoms with E-state index in [0.717, 1.165) is 31.2 Å².